The first kappa shape index (κ1) is 21.5. The van der Waals surface area contributed by atoms with Crippen molar-refractivity contribution in [2.75, 3.05) is 5.32 Å². The Hall–Kier alpha value is -4.32. The molecule has 5 rings (SSSR count). The fraction of sp³-hybridized carbons (Fsp3) is 0.143. The Kier molecular flexibility index (Phi) is 5.64. The third-order valence-electron chi connectivity index (χ3n) is 5.97. The molecule has 0 saturated carbocycles. The molecule has 1 heterocycles. The highest BCUT2D eigenvalue weighted by atomic mass is 16.5. The van der Waals surface area contributed by atoms with Crippen molar-refractivity contribution in [3.05, 3.63) is 108 Å². The Morgan fingerprint density at radius 2 is 1.65 bits per heavy atom. The summed E-state index contributed by atoms with van der Waals surface area (Å²) in [5, 5.41) is 6.68. The van der Waals surface area contributed by atoms with Crippen molar-refractivity contribution in [2.24, 2.45) is 0 Å². The van der Waals surface area contributed by atoms with Gasteiger partial charge in [-0.25, -0.2) is 5.01 Å². The summed E-state index contributed by atoms with van der Waals surface area (Å²) in [7, 11) is 0. The molecule has 0 radical (unpaired) electrons. The molecule has 170 valence electrons. The van der Waals surface area contributed by atoms with Gasteiger partial charge in [0.1, 0.15) is 11.9 Å². The fourth-order valence-electron chi connectivity index (χ4n) is 4.10. The lowest BCUT2D eigenvalue weighted by Gasteiger charge is -2.38. The molecule has 1 aliphatic heterocycles. The molecule has 4 aromatic rings. The van der Waals surface area contributed by atoms with Gasteiger partial charge in [-0.1, -0.05) is 78.4 Å². The number of carbonyl (C=O) groups is 2. The molecular formula is C28H25N3O3. The second-order valence-electron chi connectivity index (χ2n) is 8.39. The van der Waals surface area contributed by atoms with Crippen molar-refractivity contribution < 1.29 is 14.3 Å². The van der Waals surface area contributed by atoms with E-state index in [-0.39, 0.29) is 5.91 Å². The van der Waals surface area contributed by atoms with Crippen molar-refractivity contribution in [2.45, 2.75) is 26.1 Å². The molecule has 4 aromatic carbocycles. The number of ether oxygens (including phenoxy) is 1. The monoisotopic (exact) mass is 451 g/mol. The van der Waals surface area contributed by atoms with Gasteiger partial charge in [0.05, 0.1) is 5.56 Å². The summed E-state index contributed by atoms with van der Waals surface area (Å²) in [4.78, 5) is 26.6. The summed E-state index contributed by atoms with van der Waals surface area (Å²) in [6.45, 7) is 3.68. The van der Waals surface area contributed by atoms with Gasteiger partial charge in [-0.15, -0.1) is 0 Å². The quantitative estimate of drug-likeness (QED) is 0.437. The van der Waals surface area contributed by atoms with Gasteiger partial charge in [-0.2, -0.15) is 0 Å². The van der Waals surface area contributed by atoms with Crippen LogP contribution in [0.5, 0.6) is 5.75 Å². The summed E-state index contributed by atoms with van der Waals surface area (Å²) in [6, 6.07) is 28.7. The Morgan fingerprint density at radius 1 is 0.941 bits per heavy atom. The van der Waals surface area contributed by atoms with Crippen molar-refractivity contribution in [3.8, 4) is 5.75 Å². The predicted molar refractivity (Wildman–Crippen MR) is 132 cm³/mol. The van der Waals surface area contributed by atoms with Gasteiger partial charge < -0.3 is 10.1 Å². The number of hydrogen-bond acceptors (Lipinski definition) is 4. The first-order valence-corrected chi connectivity index (χ1v) is 11.2. The normalized spacial score (nSPS) is 15.9. The van der Waals surface area contributed by atoms with Gasteiger partial charge in [0.2, 0.25) is 0 Å². The molecule has 0 aliphatic carbocycles. The van der Waals surface area contributed by atoms with Crippen LogP contribution in [-0.4, -0.2) is 22.9 Å². The molecule has 0 spiro atoms. The van der Waals surface area contributed by atoms with Crippen LogP contribution < -0.4 is 15.5 Å². The van der Waals surface area contributed by atoms with E-state index < -0.39 is 18.2 Å². The first-order valence-electron chi connectivity index (χ1n) is 11.2. The van der Waals surface area contributed by atoms with Crippen molar-refractivity contribution in [3.63, 3.8) is 0 Å². The van der Waals surface area contributed by atoms with Gasteiger partial charge in [-0.05, 0) is 43.0 Å². The minimum Gasteiger partial charge on any atom is -0.480 e. The fourth-order valence-corrected chi connectivity index (χ4v) is 4.10. The number of hydrogen-bond donors (Lipinski definition) is 2. The van der Waals surface area contributed by atoms with Gasteiger partial charge in [0.15, 0.2) is 6.10 Å². The molecule has 2 N–H and O–H groups in total. The highest BCUT2D eigenvalue weighted by Gasteiger charge is 2.35. The van der Waals surface area contributed by atoms with Crippen LogP contribution in [0.4, 0.5) is 5.69 Å². The van der Waals surface area contributed by atoms with Crippen molar-refractivity contribution >= 4 is 28.3 Å². The zero-order chi connectivity index (χ0) is 23.7. The molecule has 6 nitrogen and oxygen atoms in total. The SMILES string of the molecule is Cc1ccc(C2Nc3ccccc3C(=O)N2NC(=O)C(C)Oc2cccc3ccccc23)cc1. The maximum Gasteiger partial charge on any atom is 0.279 e. The highest BCUT2D eigenvalue weighted by Crippen LogP contribution is 2.32. The first-order chi connectivity index (χ1) is 16.5. The van der Waals surface area contributed by atoms with Crippen LogP contribution in [0.1, 0.15) is 34.6 Å². The van der Waals surface area contributed by atoms with Crippen LogP contribution in [-0.2, 0) is 4.79 Å². The molecule has 2 unspecified atom stereocenters. The second kappa shape index (κ2) is 8.90. The van der Waals surface area contributed by atoms with E-state index in [1.807, 2.05) is 85.8 Å². The lowest BCUT2D eigenvalue weighted by molar-refractivity contribution is -0.132. The lowest BCUT2D eigenvalue weighted by Crippen LogP contribution is -2.55. The van der Waals surface area contributed by atoms with Gasteiger partial charge in [0.25, 0.3) is 11.8 Å². The molecule has 6 heteroatoms. The molecule has 2 amide bonds. The van der Waals surface area contributed by atoms with Crippen LogP contribution in [0.2, 0.25) is 0 Å². The van der Waals surface area contributed by atoms with E-state index in [1.54, 1.807) is 19.1 Å². The number of amides is 2. The molecule has 2 atom stereocenters. The number of rotatable bonds is 5. The average Bonchev–Trinajstić information content (AvgIpc) is 2.86. The zero-order valence-electron chi connectivity index (χ0n) is 19.0. The van der Waals surface area contributed by atoms with Crippen LogP contribution in [0, 0.1) is 6.92 Å². The van der Waals surface area contributed by atoms with E-state index in [9.17, 15) is 9.59 Å². The van der Waals surface area contributed by atoms with E-state index in [0.717, 1.165) is 27.6 Å². The number of nitrogens with zero attached hydrogens (tertiary/aromatic N) is 1. The van der Waals surface area contributed by atoms with Crippen molar-refractivity contribution in [1.29, 1.82) is 0 Å². The van der Waals surface area contributed by atoms with Crippen molar-refractivity contribution in [1.82, 2.24) is 10.4 Å². The average molecular weight is 452 g/mol. The summed E-state index contributed by atoms with van der Waals surface area (Å²) >= 11 is 0. The van der Waals surface area contributed by atoms with Crippen LogP contribution in [0.15, 0.2) is 91.0 Å². The molecule has 1 aliphatic rings. The minimum absolute atomic E-state index is 0.286. The zero-order valence-corrected chi connectivity index (χ0v) is 19.0. The van der Waals surface area contributed by atoms with Gasteiger partial charge in [-0.3, -0.25) is 15.0 Å². The van der Waals surface area contributed by atoms with E-state index in [2.05, 4.69) is 10.7 Å². The summed E-state index contributed by atoms with van der Waals surface area (Å²) < 4.78 is 6.02. The van der Waals surface area contributed by atoms with E-state index in [0.29, 0.717) is 11.3 Å². The number of hydrazine groups is 1. The van der Waals surface area contributed by atoms with Crippen LogP contribution >= 0.6 is 0 Å². The summed E-state index contributed by atoms with van der Waals surface area (Å²) in [5.41, 5.74) is 5.99. The molecule has 0 aromatic heterocycles. The van der Waals surface area contributed by atoms with E-state index in [4.69, 9.17) is 4.74 Å². The third kappa shape index (κ3) is 4.06. The number of para-hydroxylation sites is 1. The number of carbonyl (C=O) groups excluding carboxylic acids is 2. The van der Waals surface area contributed by atoms with E-state index in [1.165, 1.54) is 5.01 Å². The van der Waals surface area contributed by atoms with Crippen LogP contribution in [0.3, 0.4) is 0 Å². The highest BCUT2D eigenvalue weighted by molar-refractivity contribution is 6.02. The van der Waals surface area contributed by atoms with Gasteiger partial charge in [0, 0.05) is 11.1 Å². The molecule has 0 saturated heterocycles. The smallest absolute Gasteiger partial charge is 0.279 e. The Morgan fingerprint density at radius 3 is 2.47 bits per heavy atom. The summed E-state index contributed by atoms with van der Waals surface area (Å²) in [6.07, 6.45) is -1.38. The summed E-state index contributed by atoms with van der Waals surface area (Å²) in [5.74, 6) is -0.0884. The van der Waals surface area contributed by atoms with Crippen LogP contribution in [0.25, 0.3) is 10.8 Å². The third-order valence-corrected chi connectivity index (χ3v) is 5.97. The molecule has 0 bridgehead atoms. The molecule has 34 heavy (non-hydrogen) atoms. The standard InChI is InChI=1S/C28H25N3O3/c1-18-14-16-21(17-15-18)26-29-24-12-6-5-11-23(24)28(33)31(26)30-27(32)19(2)34-25-13-7-9-20-8-3-4-10-22(20)25/h3-17,19,26,29H,1-2H3,(H,30,32). The molecular weight excluding hydrogens is 426 g/mol. The number of nitrogens with one attached hydrogen (secondary N) is 2. The molecule has 0 fully saturated rings. The Bertz CT molecular complexity index is 1360. The number of benzene rings is 4. The topological polar surface area (TPSA) is 70.7 Å². The predicted octanol–water partition coefficient (Wildman–Crippen LogP) is 5.21. The Labute approximate surface area is 198 Å². The number of fused-ring (bicyclic) bond motifs is 2. The van der Waals surface area contributed by atoms with E-state index >= 15 is 0 Å². The lowest BCUT2D eigenvalue weighted by atomic mass is 10.0. The number of anilines is 1. The number of aryl methyl sites for hydroxylation is 1. The Balaban J connectivity index is 1.41. The largest absolute Gasteiger partial charge is 0.480 e. The minimum atomic E-state index is -0.825. The maximum atomic E-state index is 13.4. The second-order valence-corrected chi connectivity index (χ2v) is 8.39. The maximum absolute atomic E-state index is 13.4. The van der Waals surface area contributed by atoms with Gasteiger partial charge >= 0.3 is 0 Å².